The number of rotatable bonds is 5. The van der Waals surface area contributed by atoms with E-state index in [2.05, 4.69) is 15.9 Å². The Morgan fingerprint density at radius 1 is 1.26 bits per heavy atom. The number of aliphatic hydroxyl groups is 1. The number of benzene rings is 2. The number of hydrogen-bond acceptors (Lipinski definition) is 4. The van der Waals surface area contributed by atoms with Gasteiger partial charge in [0.1, 0.15) is 11.5 Å². The van der Waals surface area contributed by atoms with Gasteiger partial charge in [0.15, 0.2) is 6.23 Å². The van der Waals surface area contributed by atoms with Crippen LogP contribution >= 0.6 is 15.9 Å². The number of carbonyl (C=O) groups is 1. The van der Waals surface area contributed by atoms with Crippen LogP contribution in [0.25, 0.3) is 0 Å². The molecule has 0 radical (unpaired) electrons. The van der Waals surface area contributed by atoms with E-state index in [-0.39, 0.29) is 18.1 Å². The summed E-state index contributed by atoms with van der Waals surface area (Å²) in [6.45, 7) is 0. The lowest BCUT2D eigenvalue weighted by Crippen LogP contribution is -2.32. The van der Waals surface area contributed by atoms with Crippen LogP contribution in [-0.2, 0) is 11.2 Å². The molecule has 6 heteroatoms. The highest BCUT2D eigenvalue weighted by Gasteiger charge is 2.21. The molecule has 23 heavy (non-hydrogen) atoms. The predicted octanol–water partition coefficient (Wildman–Crippen LogP) is 2.86. The monoisotopic (exact) mass is 379 g/mol. The van der Waals surface area contributed by atoms with E-state index in [0.717, 1.165) is 5.56 Å². The molecule has 0 spiro atoms. The van der Waals surface area contributed by atoms with Gasteiger partial charge >= 0.3 is 0 Å². The quantitative estimate of drug-likeness (QED) is 0.783. The van der Waals surface area contributed by atoms with Gasteiger partial charge in [0.05, 0.1) is 13.5 Å². The molecule has 1 atom stereocenters. The molecule has 5 nitrogen and oxygen atoms in total. The minimum atomic E-state index is -1.07. The highest BCUT2D eigenvalue weighted by molar-refractivity contribution is 9.10. The highest BCUT2D eigenvalue weighted by atomic mass is 79.9. The summed E-state index contributed by atoms with van der Waals surface area (Å²) in [7, 11) is 3.11. The third-order valence-electron chi connectivity index (χ3n) is 3.54. The average molecular weight is 380 g/mol. The van der Waals surface area contributed by atoms with Crippen molar-refractivity contribution in [3.63, 3.8) is 0 Å². The summed E-state index contributed by atoms with van der Waals surface area (Å²) >= 11 is 3.38. The summed E-state index contributed by atoms with van der Waals surface area (Å²) in [6, 6.07) is 11.6. The molecular weight excluding hydrogens is 362 g/mol. The molecule has 1 unspecified atom stereocenters. The normalized spacial score (nSPS) is 11.8. The van der Waals surface area contributed by atoms with E-state index in [1.54, 1.807) is 44.5 Å². The van der Waals surface area contributed by atoms with Crippen LogP contribution in [0.4, 0.5) is 0 Å². The van der Waals surface area contributed by atoms with Crippen LogP contribution < -0.4 is 4.74 Å². The average Bonchev–Trinajstić information content (AvgIpc) is 2.55. The van der Waals surface area contributed by atoms with E-state index in [1.807, 2.05) is 0 Å². The maximum absolute atomic E-state index is 12.3. The number of halogens is 1. The van der Waals surface area contributed by atoms with Gasteiger partial charge in [-0.2, -0.15) is 0 Å². The second-order valence-corrected chi connectivity index (χ2v) is 5.96. The van der Waals surface area contributed by atoms with Crippen LogP contribution in [0.15, 0.2) is 46.9 Å². The second kappa shape index (κ2) is 7.48. The molecule has 0 fully saturated rings. The first-order valence-electron chi connectivity index (χ1n) is 6.97. The molecule has 122 valence electrons. The van der Waals surface area contributed by atoms with E-state index in [0.29, 0.717) is 15.8 Å². The molecule has 0 heterocycles. The van der Waals surface area contributed by atoms with Crippen molar-refractivity contribution in [2.75, 3.05) is 14.2 Å². The van der Waals surface area contributed by atoms with Gasteiger partial charge in [0.2, 0.25) is 5.91 Å². The number of aliphatic hydroxyl groups excluding tert-OH is 1. The Bertz CT molecular complexity index is 687. The Hall–Kier alpha value is -2.05. The number of phenols is 1. The van der Waals surface area contributed by atoms with E-state index in [4.69, 9.17) is 4.74 Å². The molecule has 1 amide bonds. The van der Waals surface area contributed by atoms with Gasteiger partial charge in [-0.15, -0.1) is 0 Å². The zero-order chi connectivity index (χ0) is 17.0. The highest BCUT2D eigenvalue weighted by Crippen LogP contribution is 2.29. The Labute approximate surface area is 143 Å². The Morgan fingerprint density at radius 2 is 1.91 bits per heavy atom. The standard InChI is InChI=1S/C17H18BrNO4/c1-19(16(21)9-11-3-5-12(20)6-4-11)17(22)14-8-7-13(23-2)10-15(14)18/h3-8,10,17,20,22H,9H2,1-2H3. The molecule has 0 saturated carbocycles. The van der Waals surface area contributed by atoms with E-state index < -0.39 is 6.23 Å². The lowest BCUT2D eigenvalue weighted by atomic mass is 10.1. The minimum absolute atomic E-state index is 0.140. The SMILES string of the molecule is COc1ccc(C(O)N(C)C(=O)Cc2ccc(O)cc2)c(Br)c1. The number of likely N-dealkylation sites (N-methyl/N-ethyl adjacent to an activating group) is 1. The number of methoxy groups -OCH3 is 1. The fourth-order valence-corrected chi connectivity index (χ4v) is 2.66. The smallest absolute Gasteiger partial charge is 0.229 e. The van der Waals surface area contributed by atoms with Crippen molar-refractivity contribution in [1.82, 2.24) is 4.90 Å². The summed E-state index contributed by atoms with van der Waals surface area (Å²) < 4.78 is 5.77. The molecule has 0 aromatic heterocycles. The third kappa shape index (κ3) is 4.24. The number of carbonyl (C=O) groups excluding carboxylic acids is 1. The van der Waals surface area contributed by atoms with Crippen LogP contribution in [0, 0.1) is 0 Å². The van der Waals surface area contributed by atoms with Crippen molar-refractivity contribution in [3.8, 4) is 11.5 Å². The van der Waals surface area contributed by atoms with Crippen molar-refractivity contribution < 1.29 is 19.7 Å². The first-order valence-corrected chi connectivity index (χ1v) is 7.76. The van der Waals surface area contributed by atoms with Gasteiger partial charge < -0.3 is 19.8 Å². The molecule has 0 aliphatic heterocycles. The molecule has 0 saturated heterocycles. The zero-order valence-electron chi connectivity index (χ0n) is 12.9. The van der Waals surface area contributed by atoms with Crippen molar-refractivity contribution in [3.05, 3.63) is 58.1 Å². The summed E-state index contributed by atoms with van der Waals surface area (Å²) in [5.41, 5.74) is 1.34. The molecule has 2 N–H and O–H groups in total. The predicted molar refractivity (Wildman–Crippen MR) is 90.2 cm³/mol. The van der Waals surface area contributed by atoms with E-state index >= 15 is 0 Å². The molecule has 2 aromatic carbocycles. The largest absolute Gasteiger partial charge is 0.508 e. The first-order chi connectivity index (χ1) is 10.9. The number of amides is 1. The fraction of sp³-hybridized carbons (Fsp3) is 0.235. The molecule has 0 aliphatic rings. The van der Waals surface area contributed by atoms with Crippen LogP contribution in [0.1, 0.15) is 17.4 Å². The molecular formula is C17H18BrNO4. The van der Waals surface area contributed by atoms with Gasteiger partial charge in [-0.25, -0.2) is 0 Å². The van der Waals surface area contributed by atoms with Gasteiger partial charge in [0, 0.05) is 17.1 Å². The zero-order valence-corrected chi connectivity index (χ0v) is 14.4. The number of phenolic OH excluding ortho intramolecular Hbond substituents is 1. The maximum atomic E-state index is 12.3. The summed E-state index contributed by atoms with van der Waals surface area (Å²) in [5, 5.41) is 19.7. The Morgan fingerprint density at radius 3 is 2.48 bits per heavy atom. The van der Waals surface area contributed by atoms with Gasteiger partial charge in [-0.3, -0.25) is 4.79 Å². The summed E-state index contributed by atoms with van der Waals surface area (Å²) in [6.07, 6.45) is -0.929. The van der Waals surface area contributed by atoms with Gasteiger partial charge in [-0.05, 0) is 35.9 Å². The minimum Gasteiger partial charge on any atom is -0.508 e. The Kier molecular flexibility index (Phi) is 5.63. The molecule has 0 bridgehead atoms. The fourth-order valence-electron chi connectivity index (χ4n) is 2.10. The topological polar surface area (TPSA) is 70.0 Å². The number of nitrogens with zero attached hydrogens (tertiary/aromatic N) is 1. The summed E-state index contributed by atoms with van der Waals surface area (Å²) in [5.74, 6) is 0.577. The number of ether oxygens (including phenoxy) is 1. The van der Waals surface area contributed by atoms with Crippen molar-refractivity contribution in [1.29, 1.82) is 0 Å². The third-order valence-corrected chi connectivity index (χ3v) is 4.22. The lowest BCUT2D eigenvalue weighted by molar-refractivity contribution is -0.138. The van der Waals surface area contributed by atoms with Crippen LogP contribution in [0.5, 0.6) is 11.5 Å². The van der Waals surface area contributed by atoms with Crippen LogP contribution in [0.2, 0.25) is 0 Å². The van der Waals surface area contributed by atoms with Gasteiger partial charge in [0.25, 0.3) is 0 Å². The number of aromatic hydroxyl groups is 1. The van der Waals surface area contributed by atoms with E-state index in [1.165, 1.54) is 17.0 Å². The number of hydrogen-bond donors (Lipinski definition) is 2. The maximum Gasteiger partial charge on any atom is 0.229 e. The Balaban J connectivity index is 2.10. The molecule has 2 aromatic rings. The van der Waals surface area contributed by atoms with Crippen LogP contribution in [-0.4, -0.2) is 35.2 Å². The van der Waals surface area contributed by atoms with Crippen LogP contribution in [0.3, 0.4) is 0 Å². The molecule has 0 aliphatic carbocycles. The van der Waals surface area contributed by atoms with Crippen molar-refractivity contribution in [2.24, 2.45) is 0 Å². The van der Waals surface area contributed by atoms with Crippen molar-refractivity contribution >= 4 is 21.8 Å². The first kappa shape index (κ1) is 17.3. The van der Waals surface area contributed by atoms with Crippen molar-refractivity contribution in [2.45, 2.75) is 12.6 Å². The summed E-state index contributed by atoms with van der Waals surface area (Å²) in [4.78, 5) is 13.6. The van der Waals surface area contributed by atoms with Gasteiger partial charge in [-0.1, -0.05) is 28.1 Å². The van der Waals surface area contributed by atoms with E-state index in [9.17, 15) is 15.0 Å². The second-order valence-electron chi connectivity index (χ2n) is 5.11. The lowest BCUT2D eigenvalue weighted by Gasteiger charge is -2.25. The molecule has 2 rings (SSSR count).